The molecule has 3 heterocycles. The van der Waals surface area contributed by atoms with Gasteiger partial charge in [0.15, 0.2) is 0 Å². The Balaban J connectivity index is 1.58. The van der Waals surface area contributed by atoms with Gasteiger partial charge in [0, 0.05) is 35.6 Å². The molecular weight excluding hydrogens is 462 g/mol. The molecule has 1 N–H and O–H groups in total. The van der Waals surface area contributed by atoms with E-state index in [1.807, 2.05) is 54.6 Å². The number of imidazole rings is 1. The predicted octanol–water partition coefficient (Wildman–Crippen LogP) is 6.68. The fourth-order valence-electron chi connectivity index (χ4n) is 5.41. The fraction of sp³-hybridized carbons (Fsp3) is 0.194. The van der Waals surface area contributed by atoms with Gasteiger partial charge in [0.1, 0.15) is 22.8 Å². The molecule has 0 unspecified atom stereocenters. The molecule has 0 fully saturated rings. The topological polar surface area (TPSA) is 56.9 Å². The Kier molecular flexibility index (Phi) is 5.93. The number of amides is 1. The van der Waals surface area contributed by atoms with Crippen LogP contribution in [0.2, 0.25) is 0 Å². The van der Waals surface area contributed by atoms with E-state index in [4.69, 9.17) is 9.47 Å². The third-order valence-electron chi connectivity index (χ3n) is 7.12. The maximum absolute atomic E-state index is 14.0. The molecular formula is C31H29N3O3. The normalized spacial score (nSPS) is 12.8. The lowest BCUT2D eigenvalue weighted by Gasteiger charge is -2.11. The molecule has 1 aliphatic heterocycles. The number of aromatic nitrogens is 2. The number of aryl methyl sites for hydroxylation is 2. The van der Waals surface area contributed by atoms with Crippen LogP contribution in [0.15, 0.2) is 85.1 Å². The summed E-state index contributed by atoms with van der Waals surface area (Å²) >= 11 is 0. The zero-order valence-corrected chi connectivity index (χ0v) is 21.0. The number of rotatable bonds is 6. The molecule has 0 saturated heterocycles. The smallest absolute Gasteiger partial charge is 0.273 e. The van der Waals surface area contributed by atoms with Crippen LogP contribution in [0.3, 0.4) is 0 Å². The van der Waals surface area contributed by atoms with Gasteiger partial charge in [0.2, 0.25) is 0 Å². The highest BCUT2D eigenvalue weighted by molar-refractivity contribution is 6.10. The zero-order valence-electron chi connectivity index (χ0n) is 21.0. The van der Waals surface area contributed by atoms with Crippen molar-refractivity contribution in [2.75, 3.05) is 19.5 Å². The molecule has 2 aromatic heterocycles. The van der Waals surface area contributed by atoms with Crippen LogP contribution >= 0.6 is 0 Å². The molecule has 0 spiro atoms. The molecule has 37 heavy (non-hydrogen) atoms. The molecule has 0 saturated carbocycles. The summed E-state index contributed by atoms with van der Waals surface area (Å²) in [4.78, 5) is 14.0. The fourth-order valence-corrected chi connectivity index (χ4v) is 5.41. The van der Waals surface area contributed by atoms with Crippen molar-refractivity contribution in [3.8, 4) is 33.9 Å². The monoisotopic (exact) mass is 491 g/mol. The summed E-state index contributed by atoms with van der Waals surface area (Å²) in [5.74, 6) is 1.33. The second kappa shape index (κ2) is 9.54. The quantitative estimate of drug-likeness (QED) is 0.288. The number of nitrogens with one attached hydrogen (secondary N) is 1. The van der Waals surface area contributed by atoms with Crippen LogP contribution in [-0.2, 0) is 13.0 Å². The van der Waals surface area contributed by atoms with Crippen molar-refractivity contribution in [1.82, 2.24) is 8.97 Å². The maximum Gasteiger partial charge on any atom is 0.273 e. The van der Waals surface area contributed by atoms with Gasteiger partial charge < -0.3 is 19.4 Å². The van der Waals surface area contributed by atoms with Crippen LogP contribution in [0.5, 0.6) is 11.5 Å². The average molecular weight is 492 g/mol. The Hall–Kier alpha value is -4.45. The van der Waals surface area contributed by atoms with E-state index in [2.05, 4.69) is 44.7 Å². The first-order valence-electron chi connectivity index (χ1n) is 12.6. The van der Waals surface area contributed by atoms with E-state index in [0.717, 1.165) is 59.6 Å². The Morgan fingerprint density at radius 3 is 2.38 bits per heavy atom. The lowest BCUT2D eigenvalue weighted by Crippen LogP contribution is -2.15. The summed E-state index contributed by atoms with van der Waals surface area (Å²) in [6.45, 7) is 0.913. The van der Waals surface area contributed by atoms with Crippen molar-refractivity contribution in [3.63, 3.8) is 0 Å². The molecule has 6 rings (SSSR count). The minimum absolute atomic E-state index is 0.155. The van der Waals surface area contributed by atoms with Gasteiger partial charge in [0.05, 0.1) is 19.9 Å². The molecule has 1 amide bonds. The van der Waals surface area contributed by atoms with Crippen molar-refractivity contribution < 1.29 is 14.3 Å². The second-order valence-corrected chi connectivity index (χ2v) is 9.30. The van der Waals surface area contributed by atoms with Crippen LogP contribution in [-0.4, -0.2) is 29.1 Å². The Labute approximate surface area is 216 Å². The van der Waals surface area contributed by atoms with Crippen LogP contribution in [0.4, 0.5) is 5.69 Å². The minimum atomic E-state index is -0.155. The predicted molar refractivity (Wildman–Crippen MR) is 147 cm³/mol. The van der Waals surface area contributed by atoms with Gasteiger partial charge in [-0.05, 0) is 54.7 Å². The number of carbonyl (C=O) groups is 1. The van der Waals surface area contributed by atoms with Crippen LogP contribution in [0.1, 0.15) is 28.9 Å². The number of ether oxygens (including phenoxy) is 2. The zero-order chi connectivity index (χ0) is 25.4. The first-order chi connectivity index (χ1) is 18.2. The molecule has 1 aliphatic rings. The van der Waals surface area contributed by atoms with E-state index >= 15 is 0 Å². The summed E-state index contributed by atoms with van der Waals surface area (Å²) in [5.41, 5.74) is 7.88. The minimum Gasteiger partial charge on any atom is -0.497 e. The third kappa shape index (κ3) is 4.04. The van der Waals surface area contributed by atoms with E-state index in [1.165, 1.54) is 5.56 Å². The summed E-state index contributed by atoms with van der Waals surface area (Å²) < 4.78 is 15.2. The molecule has 0 atom stereocenters. The van der Waals surface area contributed by atoms with Crippen molar-refractivity contribution in [2.45, 2.75) is 25.8 Å². The maximum atomic E-state index is 14.0. The molecule has 0 bridgehead atoms. The van der Waals surface area contributed by atoms with E-state index in [0.29, 0.717) is 17.1 Å². The Morgan fingerprint density at radius 2 is 1.62 bits per heavy atom. The number of methoxy groups -OCH3 is 2. The Morgan fingerprint density at radius 1 is 0.838 bits per heavy atom. The summed E-state index contributed by atoms with van der Waals surface area (Å²) in [6.07, 6.45) is 5.18. The molecule has 186 valence electrons. The van der Waals surface area contributed by atoms with Crippen LogP contribution < -0.4 is 14.8 Å². The van der Waals surface area contributed by atoms with E-state index in [-0.39, 0.29) is 5.91 Å². The van der Waals surface area contributed by atoms with Gasteiger partial charge in [-0.1, -0.05) is 48.5 Å². The number of anilines is 1. The van der Waals surface area contributed by atoms with Crippen molar-refractivity contribution in [3.05, 3.63) is 96.3 Å². The lowest BCUT2D eigenvalue weighted by molar-refractivity contribution is 0.102. The number of benzene rings is 3. The van der Waals surface area contributed by atoms with Gasteiger partial charge in [-0.2, -0.15) is 0 Å². The van der Waals surface area contributed by atoms with Crippen LogP contribution in [0.25, 0.3) is 28.0 Å². The number of carbonyl (C=O) groups excluding carboxylic acids is 1. The largest absolute Gasteiger partial charge is 0.497 e. The van der Waals surface area contributed by atoms with Crippen molar-refractivity contribution >= 4 is 17.2 Å². The molecule has 0 aliphatic carbocycles. The highest BCUT2D eigenvalue weighted by Crippen LogP contribution is 2.40. The molecule has 6 heteroatoms. The van der Waals surface area contributed by atoms with E-state index in [9.17, 15) is 4.79 Å². The van der Waals surface area contributed by atoms with E-state index < -0.39 is 0 Å². The van der Waals surface area contributed by atoms with Crippen LogP contribution in [0, 0.1) is 0 Å². The SMILES string of the molecule is COc1ccc(-c2c3c4n(c(-c5ccccc5)cn4c2C(=O)Nc2cccc(OC)c2)CCCC3)cc1. The first kappa shape index (κ1) is 23.0. The highest BCUT2D eigenvalue weighted by Gasteiger charge is 2.29. The summed E-state index contributed by atoms with van der Waals surface area (Å²) in [6, 6.07) is 25.8. The van der Waals surface area contributed by atoms with Crippen molar-refractivity contribution in [2.24, 2.45) is 0 Å². The molecule has 5 aromatic rings. The third-order valence-corrected chi connectivity index (χ3v) is 7.12. The van der Waals surface area contributed by atoms with E-state index in [1.54, 1.807) is 14.2 Å². The molecule has 0 radical (unpaired) electrons. The highest BCUT2D eigenvalue weighted by atomic mass is 16.5. The van der Waals surface area contributed by atoms with Gasteiger partial charge in [0.25, 0.3) is 5.91 Å². The first-order valence-corrected chi connectivity index (χ1v) is 12.6. The summed E-state index contributed by atoms with van der Waals surface area (Å²) in [7, 11) is 3.29. The molecule has 3 aromatic carbocycles. The molecule has 6 nitrogen and oxygen atoms in total. The summed E-state index contributed by atoms with van der Waals surface area (Å²) in [5, 5.41) is 3.13. The second-order valence-electron chi connectivity index (χ2n) is 9.30. The number of nitrogens with zero attached hydrogens (tertiary/aromatic N) is 2. The standard InChI is InChI=1S/C31H29N3O3/c1-36-24-16-14-22(15-17-24)28-26-13-6-7-18-33-27(21-9-4-3-5-10-21)20-34(31(26)33)29(28)30(35)32-23-11-8-12-25(19-23)37-2/h3-5,8-12,14-17,19-20H,6-7,13,18H2,1-2H3,(H,32,35). The lowest BCUT2D eigenvalue weighted by atomic mass is 9.97. The number of hydrogen-bond donors (Lipinski definition) is 1. The van der Waals surface area contributed by atoms with Gasteiger partial charge in [-0.15, -0.1) is 0 Å². The average Bonchev–Trinajstić information content (AvgIpc) is 3.36. The van der Waals surface area contributed by atoms with Gasteiger partial charge >= 0.3 is 0 Å². The van der Waals surface area contributed by atoms with Crippen molar-refractivity contribution in [1.29, 1.82) is 0 Å². The Bertz CT molecular complexity index is 1580. The van der Waals surface area contributed by atoms with Gasteiger partial charge in [-0.3, -0.25) is 9.20 Å². The number of hydrogen-bond acceptors (Lipinski definition) is 3. The van der Waals surface area contributed by atoms with Gasteiger partial charge in [-0.25, -0.2) is 0 Å².